The van der Waals surface area contributed by atoms with E-state index in [-0.39, 0.29) is 6.04 Å². The van der Waals surface area contributed by atoms with Crippen LogP contribution in [0.5, 0.6) is 0 Å². The molecule has 2 aromatic heterocycles. The molecule has 1 aliphatic rings. The maximum absolute atomic E-state index is 5.48. The fourth-order valence-corrected chi connectivity index (χ4v) is 2.85. The molecular weight excluding hydrogens is 278 g/mol. The second kappa shape index (κ2) is 5.47. The molecule has 0 amide bonds. The van der Waals surface area contributed by atoms with Crippen LogP contribution in [0.4, 0.5) is 0 Å². The molecule has 3 heterocycles. The highest BCUT2D eigenvalue weighted by atomic mass is 16.5. The van der Waals surface area contributed by atoms with Gasteiger partial charge < -0.3 is 14.6 Å². The highest BCUT2D eigenvalue weighted by Gasteiger charge is 2.20. The Kier molecular flexibility index (Phi) is 3.32. The van der Waals surface area contributed by atoms with Crippen molar-refractivity contribution in [1.29, 1.82) is 0 Å². The molecule has 1 N–H and O–H groups in total. The van der Waals surface area contributed by atoms with Crippen LogP contribution in [0.15, 0.2) is 36.5 Å². The van der Waals surface area contributed by atoms with Gasteiger partial charge in [0.1, 0.15) is 5.69 Å². The molecule has 0 saturated carbocycles. The Bertz CT molecular complexity index is 807. The Morgan fingerprint density at radius 2 is 2.23 bits per heavy atom. The Balaban J connectivity index is 1.76. The summed E-state index contributed by atoms with van der Waals surface area (Å²) in [5.74, 6) is 0.683. The fourth-order valence-electron chi connectivity index (χ4n) is 2.85. The van der Waals surface area contributed by atoms with Crippen molar-refractivity contribution in [3.8, 4) is 11.4 Å². The fraction of sp³-hybridized carbons (Fsp3) is 0.312. The molecule has 112 valence electrons. The number of rotatable bonds is 2. The predicted octanol–water partition coefficient (Wildman–Crippen LogP) is 1.69. The van der Waals surface area contributed by atoms with E-state index >= 15 is 0 Å². The predicted molar refractivity (Wildman–Crippen MR) is 83.3 cm³/mol. The molecule has 1 fully saturated rings. The molecule has 1 unspecified atom stereocenters. The molecule has 0 radical (unpaired) electrons. The van der Waals surface area contributed by atoms with Crippen LogP contribution in [0.25, 0.3) is 22.3 Å². The summed E-state index contributed by atoms with van der Waals surface area (Å²) in [6, 6.07) is 10.4. The third kappa shape index (κ3) is 2.26. The highest BCUT2D eigenvalue weighted by molar-refractivity contribution is 5.86. The lowest BCUT2D eigenvalue weighted by molar-refractivity contribution is 0.0739. The zero-order chi connectivity index (χ0) is 14.9. The average molecular weight is 295 g/mol. The van der Waals surface area contributed by atoms with Crippen molar-refractivity contribution in [2.24, 2.45) is 7.05 Å². The van der Waals surface area contributed by atoms with Gasteiger partial charge in [0.2, 0.25) is 0 Å². The number of para-hydroxylation sites is 1. The number of aromatic nitrogens is 4. The lowest BCUT2D eigenvalue weighted by atomic mass is 10.2. The van der Waals surface area contributed by atoms with Gasteiger partial charge in [0, 0.05) is 24.5 Å². The first-order chi connectivity index (χ1) is 10.8. The quantitative estimate of drug-likeness (QED) is 0.779. The van der Waals surface area contributed by atoms with Crippen molar-refractivity contribution >= 4 is 10.9 Å². The number of nitrogens with one attached hydrogen (secondary N) is 1. The van der Waals surface area contributed by atoms with Gasteiger partial charge in [0.05, 0.1) is 31.1 Å². The standard InChI is InChI=1S/C16H17N5O/c1-21-14-5-3-2-4-11(14)8-15(21)12-9-18-20-16(19-12)13-10-22-7-6-17-13/h2-5,8-9,13,17H,6-7,10H2,1H3. The zero-order valence-electron chi connectivity index (χ0n) is 12.4. The van der Waals surface area contributed by atoms with E-state index in [0.717, 1.165) is 24.5 Å². The van der Waals surface area contributed by atoms with Crippen molar-refractivity contribution in [3.05, 3.63) is 42.4 Å². The normalized spacial score (nSPS) is 18.7. The number of benzene rings is 1. The first-order valence-corrected chi connectivity index (χ1v) is 7.38. The minimum Gasteiger partial charge on any atom is -0.378 e. The van der Waals surface area contributed by atoms with E-state index in [1.807, 2.05) is 19.2 Å². The summed E-state index contributed by atoms with van der Waals surface area (Å²) in [5, 5.41) is 12.8. The molecular formula is C16H17N5O. The first-order valence-electron chi connectivity index (χ1n) is 7.38. The van der Waals surface area contributed by atoms with Gasteiger partial charge in [0.25, 0.3) is 0 Å². The Labute approximate surface area is 128 Å². The molecule has 1 saturated heterocycles. The lowest BCUT2D eigenvalue weighted by Crippen LogP contribution is -2.35. The van der Waals surface area contributed by atoms with E-state index in [1.54, 1.807) is 6.20 Å². The van der Waals surface area contributed by atoms with Gasteiger partial charge in [-0.15, -0.1) is 5.10 Å². The minimum absolute atomic E-state index is 0.0101. The van der Waals surface area contributed by atoms with Crippen LogP contribution >= 0.6 is 0 Å². The third-order valence-electron chi connectivity index (χ3n) is 4.02. The molecule has 1 aliphatic heterocycles. The maximum Gasteiger partial charge on any atom is 0.170 e. The number of fused-ring (bicyclic) bond motifs is 1. The molecule has 6 heteroatoms. The van der Waals surface area contributed by atoms with E-state index in [4.69, 9.17) is 4.74 Å². The van der Waals surface area contributed by atoms with Crippen LogP contribution < -0.4 is 5.32 Å². The van der Waals surface area contributed by atoms with Gasteiger partial charge in [0.15, 0.2) is 5.82 Å². The Hall–Kier alpha value is -2.31. The van der Waals surface area contributed by atoms with Gasteiger partial charge >= 0.3 is 0 Å². The number of nitrogens with zero attached hydrogens (tertiary/aromatic N) is 4. The summed E-state index contributed by atoms with van der Waals surface area (Å²) in [4.78, 5) is 4.69. The van der Waals surface area contributed by atoms with E-state index < -0.39 is 0 Å². The Morgan fingerprint density at radius 1 is 1.32 bits per heavy atom. The van der Waals surface area contributed by atoms with Crippen LogP contribution in [0.2, 0.25) is 0 Å². The minimum atomic E-state index is 0.0101. The van der Waals surface area contributed by atoms with Crippen LogP contribution in [0.1, 0.15) is 11.9 Å². The molecule has 0 spiro atoms. The molecule has 1 aromatic carbocycles. The molecule has 0 aliphatic carbocycles. The van der Waals surface area contributed by atoms with Gasteiger partial charge in [-0.2, -0.15) is 5.10 Å². The number of hydrogen-bond donors (Lipinski definition) is 1. The van der Waals surface area contributed by atoms with Crippen molar-refractivity contribution in [1.82, 2.24) is 25.1 Å². The SMILES string of the molecule is Cn1c(-c2cnnc(C3COCCN3)n2)cc2ccccc21. The molecule has 1 atom stereocenters. The summed E-state index contributed by atoms with van der Waals surface area (Å²) >= 11 is 0. The van der Waals surface area contributed by atoms with Crippen LogP contribution in [-0.2, 0) is 11.8 Å². The summed E-state index contributed by atoms with van der Waals surface area (Å²) in [5.41, 5.74) is 3.04. The van der Waals surface area contributed by atoms with Gasteiger partial charge in [-0.1, -0.05) is 18.2 Å². The van der Waals surface area contributed by atoms with Crippen molar-refractivity contribution in [2.45, 2.75) is 6.04 Å². The van der Waals surface area contributed by atoms with Crippen molar-refractivity contribution < 1.29 is 4.74 Å². The van der Waals surface area contributed by atoms with Gasteiger partial charge in [-0.25, -0.2) is 4.98 Å². The van der Waals surface area contributed by atoms with E-state index in [9.17, 15) is 0 Å². The van der Waals surface area contributed by atoms with Gasteiger partial charge in [-0.3, -0.25) is 0 Å². The third-order valence-corrected chi connectivity index (χ3v) is 4.02. The Morgan fingerprint density at radius 3 is 3.05 bits per heavy atom. The van der Waals surface area contributed by atoms with Crippen LogP contribution in [0, 0.1) is 0 Å². The lowest BCUT2D eigenvalue weighted by Gasteiger charge is -2.22. The van der Waals surface area contributed by atoms with Crippen molar-refractivity contribution in [3.63, 3.8) is 0 Å². The summed E-state index contributed by atoms with van der Waals surface area (Å²) in [6.45, 7) is 2.12. The second-order valence-corrected chi connectivity index (χ2v) is 5.43. The number of morpholine rings is 1. The van der Waals surface area contributed by atoms with Gasteiger partial charge in [-0.05, 0) is 12.1 Å². The number of ether oxygens (including phenoxy) is 1. The largest absolute Gasteiger partial charge is 0.378 e. The van der Waals surface area contributed by atoms with E-state index in [0.29, 0.717) is 12.4 Å². The molecule has 0 bridgehead atoms. The topological polar surface area (TPSA) is 64.9 Å². The smallest absolute Gasteiger partial charge is 0.170 e. The monoisotopic (exact) mass is 295 g/mol. The molecule has 6 nitrogen and oxygen atoms in total. The second-order valence-electron chi connectivity index (χ2n) is 5.43. The van der Waals surface area contributed by atoms with Crippen LogP contribution in [-0.4, -0.2) is 39.5 Å². The van der Waals surface area contributed by atoms with Crippen LogP contribution in [0.3, 0.4) is 0 Å². The summed E-state index contributed by atoms with van der Waals surface area (Å²) < 4.78 is 7.61. The maximum atomic E-state index is 5.48. The summed E-state index contributed by atoms with van der Waals surface area (Å²) in [6.07, 6.45) is 1.71. The van der Waals surface area contributed by atoms with Crippen molar-refractivity contribution in [2.75, 3.05) is 19.8 Å². The summed E-state index contributed by atoms with van der Waals surface area (Å²) in [7, 11) is 2.04. The highest BCUT2D eigenvalue weighted by Crippen LogP contribution is 2.25. The zero-order valence-corrected chi connectivity index (χ0v) is 12.4. The number of aryl methyl sites for hydroxylation is 1. The van der Waals surface area contributed by atoms with E-state index in [1.165, 1.54) is 10.9 Å². The molecule has 3 aromatic rings. The average Bonchev–Trinajstić information content (AvgIpc) is 2.93. The number of hydrogen-bond acceptors (Lipinski definition) is 5. The van der Waals surface area contributed by atoms with E-state index in [2.05, 4.69) is 43.3 Å². The first kappa shape index (κ1) is 13.4. The molecule has 4 rings (SSSR count). The molecule has 22 heavy (non-hydrogen) atoms.